The highest BCUT2D eigenvalue weighted by atomic mass is 16.9. The number of carbonyl (C=O) groups excluding carboxylic acids is 2. The number of hydrogen-bond acceptors (Lipinski definition) is 6. The summed E-state index contributed by atoms with van der Waals surface area (Å²) in [5.41, 5.74) is 1.36. The lowest BCUT2D eigenvalue weighted by Crippen LogP contribution is -2.23. The van der Waals surface area contributed by atoms with E-state index in [-0.39, 0.29) is 19.8 Å². The van der Waals surface area contributed by atoms with Gasteiger partial charge >= 0.3 is 5.97 Å². The Bertz CT molecular complexity index is 445. The second-order valence-corrected chi connectivity index (χ2v) is 3.47. The van der Waals surface area contributed by atoms with Crippen LogP contribution in [0.25, 0.3) is 0 Å². The maximum Gasteiger partial charge on any atom is 0.325 e. The highest BCUT2D eigenvalue weighted by Crippen LogP contribution is 2.07. The van der Waals surface area contributed by atoms with Crippen molar-refractivity contribution in [3.63, 3.8) is 0 Å². The molecule has 0 saturated carbocycles. The van der Waals surface area contributed by atoms with Gasteiger partial charge in [0.25, 0.3) is 5.09 Å². The van der Waals surface area contributed by atoms with Crippen LogP contribution in [0, 0.1) is 10.1 Å². The number of carbonyl (C=O) groups is 2. The second-order valence-electron chi connectivity index (χ2n) is 3.47. The average molecular weight is 268 g/mol. The largest absolute Gasteiger partial charge is 0.460 e. The summed E-state index contributed by atoms with van der Waals surface area (Å²) in [5, 5.41) is 11.3. The van der Waals surface area contributed by atoms with Crippen LogP contribution in [0.4, 0.5) is 0 Å². The molecule has 19 heavy (non-hydrogen) atoms. The molecule has 0 fully saturated rings. The molecule has 8 nitrogen and oxygen atoms in total. The van der Waals surface area contributed by atoms with E-state index >= 15 is 0 Å². The summed E-state index contributed by atoms with van der Waals surface area (Å²) >= 11 is 0. The summed E-state index contributed by atoms with van der Waals surface area (Å²) in [6, 6.07) is 6.60. The summed E-state index contributed by atoms with van der Waals surface area (Å²) in [6.07, 6.45) is 0.408. The molecule has 0 aliphatic rings. The molecule has 0 bridgehead atoms. The van der Waals surface area contributed by atoms with E-state index in [2.05, 4.69) is 10.2 Å². The zero-order valence-electron chi connectivity index (χ0n) is 9.90. The molecule has 0 aliphatic heterocycles. The molecule has 1 aromatic rings. The number of benzene rings is 1. The number of ether oxygens (including phenoxy) is 1. The van der Waals surface area contributed by atoms with Gasteiger partial charge in [0.1, 0.15) is 19.8 Å². The van der Waals surface area contributed by atoms with Gasteiger partial charge in [-0.05, 0) is 11.1 Å². The minimum Gasteiger partial charge on any atom is -0.460 e. The van der Waals surface area contributed by atoms with Crippen molar-refractivity contribution in [2.45, 2.75) is 13.2 Å². The fraction of sp³-hybridized carbons (Fsp3) is 0.273. The van der Waals surface area contributed by atoms with Gasteiger partial charge < -0.3 is 14.9 Å². The van der Waals surface area contributed by atoms with E-state index in [9.17, 15) is 19.7 Å². The van der Waals surface area contributed by atoms with Gasteiger partial charge in [-0.1, -0.05) is 24.3 Å². The molecule has 0 radical (unpaired) electrons. The molecule has 0 spiro atoms. The fourth-order valence-corrected chi connectivity index (χ4v) is 1.20. The lowest BCUT2D eigenvalue weighted by molar-refractivity contribution is -0.763. The van der Waals surface area contributed by atoms with E-state index in [1.165, 1.54) is 0 Å². The van der Waals surface area contributed by atoms with Crippen LogP contribution in [0.5, 0.6) is 0 Å². The van der Waals surface area contributed by atoms with Crippen molar-refractivity contribution in [2.75, 3.05) is 6.54 Å². The first-order chi connectivity index (χ1) is 9.11. The third-order valence-electron chi connectivity index (χ3n) is 2.09. The molecular formula is C11H12N2O6. The first-order valence-electron chi connectivity index (χ1n) is 5.29. The van der Waals surface area contributed by atoms with E-state index in [4.69, 9.17) is 4.74 Å². The summed E-state index contributed by atoms with van der Waals surface area (Å²) < 4.78 is 4.87. The van der Waals surface area contributed by atoms with Crippen LogP contribution < -0.4 is 5.32 Å². The summed E-state index contributed by atoms with van der Waals surface area (Å²) in [6.45, 7) is -0.246. The van der Waals surface area contributed by atoms with Crippen LogP contribution in [0.2, 0.25) is 0 Å². The molecule has 1 rings (SSSR count). The Morgan fingerprint density at radius 3 is 2.37 bits per heavy atom. The Hall–Kier alpha value is -2.64. The maximum absolute atomic E-state index is 11.1. The Labute approximate surface area is 108 Å². The Morgan fingerprint density at radius 1 is 1.26 bits per heavy atom. The third kappa shape index (κ3) is 6.01. The minimum atomic E-state index is -0.865. The smallest absolute Gasteiger partial charge is 0.325 e. The van der Waals surface area contributed by atoms with Gasteiger partial charge in [0, 0.05) is 0 Å². The first kappa shape index (κ1) is 14.4. The summed E-state index contributed by atoms with van der Waals surface area (Å²) in [7, 11) is 0. The fourth-order valence-electron chi connectivity index (χ4n) is 1.20. The SMILES string of the molecule is O=CNCC(=O)OCc1ccc(CO[N+](=O)[O-])cc1. The molecule has 8 heteroatoms. The zero-order chi connectivity index (χ0) is 14.1. The molecule has 1 amide bonds. The van der Waals surface area contributed by atoms with Gasteiger partial charge in [0.05, 0.1) is 0 Å². The average Bonchev–Trinajstić information content (AvgIpc) is 2.41. The van der Waals surface area contributed by atoms with Gasteiger partial charge in [-0.25, -0.2) is 0 Å². The molecule has 0 atom stereocenters. The van der Waals surface area contributed by atoms with Crippen molar-refractivity contribution in [3.8, 4) is 0 Å². The van der Waals surface area contributed by atoms with Gasteiger partial charge in [-0.15, -0.1) is 10.1 Å². The summed E-state index contributed by atoms with van der Waals surface area (Å²) in [5.74, 6) is -0.548. The zero-order valence-corrected chi connectivity index (χ0v) is 9.90. The molecule has 1 N–H and O–H groups in total. The van der Waals surface area contributed by atoms with Gasteiger partial charge in [0.2, 0.25) is 6.41 Å². The second kappa shape index (κ2) is 7.64. The van der Waals surface area contributed by atoms with Crippen molar-refractivity contribution >= 4 is 12.4 Å². The van der Waals surface area contributed by atoms with Crippen molar-refractivity contribution in [1.29, 1.82) is 0 Å². The van der Waals surface area contributed by atoms with Crippen LogP contribution >= 0.6 is 0 Å². The molecule has 0 saturated heterocycles. The van der Waals surface area contributed by atoms with E-state index in [0.29, 0.717) is 12.0 Å². The molecule has 1 aromatic carbocycles. The quantitative estimate of drug-likeness (QED) is 0.312. The first-order valence-corrected chi connectivity index (χ1v) is 5.29. The number of amides is 1. The van der Waals surface area contributed by atoms with Gasteiger partial charge in [-0.2, -0.15) is 0 Å². The van der Waals surface area contributed by atoms with Crippen LogP contribution in [0.1, 0.15) is 11.1 Å². The van der Waals surface area contributed by atoms with Crippen LogP contribution in [0.3, 0.4) is 0 Å². The summed E-state index contributed by atoms with van der Waals surface area (Å²) in [4.78, 5) is 35.2. The van der Waals surface area contributed by atoms with Crippen molar-refractivity contribution in [2.24, 2.45) is 0 Å². The maximum atomic E-state index is 11.1. The van der Waals surface area contributed by atoms with E-state index < -0.39 is 11.1 Å². The Balaban J connectivity index is 2.37. The lowest BCUT2D eigenvalue weighted by Gasteiger charge is -2.05. The Kier molecular flexibility index (Phi) is 5.80. The van der Waals surface area contributed by atoms with Crippen LogP contribution in [0.15, 0.2) is 24.3 Å². The number of nitrogens with one attached hydrogen (secondary N) is 1. The van der Waals surface area contributed by atoms with Crippen molar-refractivity contribution in [3.05, 3.63) is 45.5 Å². The highest BCUT2D eigenvalue weighted by molar-refractivity contribution is 5.73. The minimum absolute atomic E-state index is 0.0652. The monoisotopic (exact) mass is 268 g/mol. The standard InChI is InChI=1S/C11H12N2O6/c14-8-12-5-11(15)18-6-9-1-3-10(4-2-9)7-19-13(16)17/h1-4,8H,5-7H2,(H,12,14). The van der Waals surface area contributed by atoms with Crippen LogP contribution in [-0.2, 0) is 32.4 Å². The van der Waals surface area contributed by atoms with Gasteiger partial charge in [0.15, 0.2) is 0 Å². The molecule has 0 heterocycles. The van der Waals surface area contributed by atoms with Crippen molar-refractivity contribution in [1.82, 2.24) is 5.32 Å². The highest BCUT2D eigenvalue weighted by Gasteiger charge is 2.03. The molecule has 0 aromatic heterocycles. The van der Waals surface area contributed by atoms with Crippen molar-refractivity contribution < 1.29 is 24.3 Å². The van der Waals surface area contributed by atoms with E-state index in [0.717, 1.165) is 5.56 Å². The number of rotatable bonds is 8. The van der Waals surface area contributed by atoms with E-state index in [1.54, 1.807) is 24.3 Å². The van der Waals surface area contributed by atoms with Crippen LogP contribution in [-0.4, -0.2) is 24.0 Å². The lowest BCUT2D eigenvalue weighted by atomic mass is 10.1. The molecular weight excluding hydrogens is 256 g/mol. The number of hydrogen-bond donors (Lipinski definition) is 1. The topological polar surface area (TPSA) is 108 Å². The van der Waals surface area contributed by atoms with Gasteiger partial charge in [-0.3, -0.25) is 9.59 Å². The van der Waals surface area contributed by atoms with E-state index in [1.807, 2.05) is 0 Å². The molecule has 102 valence electrons. The predicted octanol–water partition coefficient (Wildman–Crippen LogP) is 0.184. The normalized spacial score (nSPS) is 9.47. The third-order valence-corrected chi connectivity index (χ3v) is 2.09. The Morgan fingerprint density at radius 2 is 1.84 bits per heavy atom. The molecule has 0 unspecified atom stereocenters. The number of nitrogens with zero attached hydrogens (tertiary/aromatic N) is 1. The molecule has 0 aliphatic carbocycles. The predicted molar refractivity (Wildman–Crippen MR) is 62.1 cm³/mol. The number of esters is 1.